The molecule has 3 heteroatoms. The van der Waals surface area contributed by atoms with E-state index in [9.17, 15) is 0 Å². The Morgan fingerprint density at radius 3 is 2.85 bits per heavy atom. The Labute approximate surface area is 84.0 Å². The van der Waals surface area contributed by atoms with Gasteiger partial charge in [-0.1, -0.05) is 22.0 Å². The van der Waals surface area contributed by atoms with Crippen molar-refractivity contribution >= 4 is 26.7 Å². The molecule has 0 saturated carbocycles. The molecule has 62 valence electrons. The number of halogens is 1. The van der Waals surface area contributed by atoms with E-state index in [4.69, 9.17) is 5.26 Å². The summed E-state index contributed by atoms with van der Waals surface area (Å²) < 4.78 is 1.02. The van der Waals surface area contributed by atoms with Crippen LogP contribution in [0.25, 0.3) is 10.8 Å². The Kier molecular flexibility index (Phi) is 1.99. The molecule has 2 nitrogen and oxygen atoms in total. The average molecular weight is 233 g/mol. The highest BCUT2D eigenvalue weighted by Crippen LogP contribution is 2.19. The van der Waals surface area contributed by atoms with Crippen LogP contribution in [0.5, 0.6) is 0 Å². The maximum Gasteiger partial charge on any atom is 0.141 e. The van der Waals surface area contributed by atoms with E-state index in [1.807, 2.05) is 24.3 Å². The summed E-state index contributed by atoms with van der Waals surface area (Å²) in [6.45, 7) is 0. The standard InChI is InChI=1S/C10H5BrN2/c11-9-2-1-7-4-10(5-12)13-6-8(7)3-9/h1-4,6H. The van der Waals surface area contributed by atoms with Crippen molar-refractivity contribution in [2.75, 3.05) is 0 Å². The monoisotopic (exact) mass is 232 g/mol. The van der Waals surface area contributed by atoms with Crippen molar-refractivity contribution in [3.63, 3.8) is 0 Å². The molecule has 13 heavy (non-hydrogen) atoms. The summed E-state index contributed by atoms with van der Waals surface area (Å²) in [6.07, 6.45) is 1.71. The van der Waals surface area contributed by atoms with E-state index >= 15 is 0 Å². The van der Waals surface area contributed by atoms with E-state index in [1.165, 1.54) is 0 Å². The van der Waals surface area contributed by atoms with E-state index in [0.29, 0.717) is 5.69 Å². The normalized spacial score (nSPS) is 9.85. The zero-order chi connectivity index (χ0) is 9.26. The molecule has 2 rings (SSSR count). The Morgan fingerprint density at radius 2 is 2.08 bits per heavy atom. The van der Waals surface area contributed by atoms with Gasteiger partial charge >= 0.3 is 0 Å². The molecule has 0 amide bonds. The molecule has 0 radical (unpaired) electrons. The molecule has 0 aliphatic rings. The molecule has 2 aromatic rings. The van der Waals surface area contributed by atoms with Crippen LogP contribution in [0, 0.1) is 11.3 Å². The summed E-state index contributed by atoms with van der Waals surface area (Å²) in [6, 6.07) is 9.67. The fraction of sp³-hybridized carbons (Fsp3) is 0. The average Bonchev–Trinajstić information content (AvgIpc) is 2.17. The zero-order valence-electron chi connectivity index (χ0n) is 6.66. The van der Waals surface area contributed by atoms with Crippen LogP contribution in [-0.2, 0) is 0 Å². The van der Waals surface area contributed by atoms with Crippen molar-refractivity contribution in [2.24, 2.45) is 0 Å². The number of hydrogen-bond acceptors (Lipinski definition) is 2. The van der Waals surface area contributed by atoms with Crippen LogP contribution in [0.4, 0.5) is 0 Å². The predicted octanol–water partition coefficient (Wildman–Crippen LogP) is 2.87. The van der Waals surface area contributed by atoms with Crippen molar-refractivity contribution < 1.29 is 0 Å². The first-order valence-corrected chi connectivity index (χ1v) is 4.54. The van der Waals surface area contributed by atoms with Crippen molar-refractivity contribution in [2.45, 2.75) is 0 Å². The highest BCUT2D eigenvalue weighted by Gasteiger charge is 1.96. The van der Waals surface area contributed by atoms with Crippen LogP contribution < -0.4 is 0 Å². The third-order valence-corrected chi connectivity index (χ3v) is 2.29. The van der Waals surface area contributed by atoms with Gasteiger partial charge in [0.1, 0.15) is 11.8 Å². The molecule has 0 bridgehead atoms. The van der Waals surface area contributed by atoms with Crippen molar-refractivity contribution in [1.82, 2.24) is 4.98 Å². The van der Waals surface area contributed by atoms with Gasteiger partial charge in [0.2, 0.25) is 0 Å². The summed E-state index contributed by atoms with van der Waals surface area (Å²) in [5.41, 5.74) is 0.454. The van der Waals surface area contributed by atoms with Gasteiger partial charge in [0, 0.05) is 16.1 Å². The fourth-order valence-corrected chi connectivity index (χ4v) is 1.55. The molecule has 0 aliphatic heterocycles. The minimum Gasteiger partial charge on any atom is -0.245 e. The number of nitriles is 1. The molecule has 0 unspecified atom stereocenters. The lowest BCUT2D eigenvalue weighted by molar-refractivity contribution is 1.29. The second kappa shape index (κ2) is 3.15. The molecule has 0 atom stereocenters. The third kappa shape index (κ3) is 1.53. The number of nitrogens with zero attached hydrogens (tertiary/aromatic N) is 2. The Morgan fingerprint density at radius 1 is 1.23 bits per heavy atom. The molecule has 1 aromatic carbocycles. The van der Waals surface area contributed by atoms with E-state index < -0.39 is 0 Å². The van der Waals surface area contributed by atoms with Gasteiger partial charge in [0.05, 0.1) is 0 Å². The molecular weight excluding hydrogens is 228 g/mol. The SMILES string of the molecule is N#Cc1cc2ccc(Br)cc2cn1. The van der Waals surface area contributed by atoms with Crippen molar-refractivity contribution in [3.05, 3.63) is 40.6 Å². The van der Waals surface area contributed by atoms with E-state index in [0.717, 1.165) is 15.2 Å². The van der Waals surface area contributed by atoms with Crippen LogP contribution in [0.3, 0.4) is 0 Å². The lowest BCUT2D eigenvalue weighted by atomic mass is 10.1. The Bertz CT molecular complexity index is 500. The first-order chi connectivity index (χ1) is 6.29. The lowest BCUT2D eigenvalue weighted by Crippen LogP contribution is -1.81. The fourth-order valence-electron chi connectivity index (χ4n) is 1.17. The van der Waals surface area contributed by atoms with Crippen LogP contribution in [0.2, 0.25) is 0 Å². The first kappa shape index (κ1) is 8.21. The Balaban J connectivity index is 2.75. The highest BCUT2D eigenvalue weighted by molar-refractivity contribution is 9.10. The minimum atomic E-state index is 0.454. The summed E-state index contributed by atoms with van der Waals surface area (Å²) in [4.78, 5) is 3.98. The lowest BCUT2D eigenvalue weighted by Gasteiger charge is -1.97. The number of pyridine rings is 1. The summed E-state index contributed by atoms with van der Waals surface area (Å²) in [7, 11) is 0. The van der Waals surface area contributed by atoms with Gasteiger partial charge in [-0.2, -0.15) is 5.26 Å². The van der Waals surface area contributed by atoms with Gasteiger partial charge in [-0.25, -0.2) is 4.98 Å². The number of fused-ring (bicyclic) bond motifs is 1. The van der Waals surface area contributed by atoms with Crippen molar-refractivity contribution in [1.29, 1.82) is 5.26 Å². The number of aromatic nitrogens is 1. The molecule has 0 fully saturated rings. The van der Waals surface area contributed by atoms with E-state index in [-0.39, 0.29) is 0 Å². The second-order valence-corrected chi connectivity index (χ2v) is 3.59. The summed E-state index contributed by atoms with van der Waals surface area (Å²) in [5.74, 6) is 0. The number of hydrogen-bond donors (Lipinski definition) is 0. The van der Waals surface area contributed by atoms with Crippen LogP contribution in [-0.4, -0.2) is 4.98 Å². The second-order valence-electron chi connectivity index (χ2n) is 2.67. The van der Waals surface area contributed by atoms with Crippen LogP contribution in [0.15, 0.2) is 34.9 Å². The van der Waals surface area contributed by atoms with Crippen LogP contribution >= 0.6 is 15.9 Å². The molecule has 1 aromatic heterocycles. The van der Waals surface area contributed by atoms with Crippen LogP contribution in [0.1, 0.15) is 5.69 Å². The molecule has 0 aliphatic carbocycles. The number of rotatable bonds is 0. The summed E-state index contributed by atoms with van der Waals surface area (Å²) >= 11 is 3.38. The third-order valence-electron chi connectivity index (χ3n) is 1.80. The van der Waals surface area contributed by atoms with Gasteiger partial charge in [0.25, 0.3) is 0 Å². The van der Waals surface area contributed by atoms with Gasteiger partial charge in [0.15, 0.2) is 0 Å². The highest BCUT2D eigenvalue weighted by atomic mass is 79.9. The summed E-state index contributed by atoms with van der Waals surface area (Å²) in [5, 5.41) is 10.7. The largest absolute Gasteiger partial charge is 0.245 e. The van der Waals surface area contributed by atoms with Gasteiger partial charge in [-0.15, -0.1) is 0 Å². The number of benzene rings is 1. The van der Waals surface area contributed by atoms with Gasteiger partial charge < -0.3 is 0 Å². The minimum absolute atomic E-state index is 0.454. The van der Waals surface area contributed by atoms with Gasteiger partial charge in [-0.05, 0) is 23.6 Å². The van der Waals surface area contributed by atoms with Gasteiger partial charge in [-0.3, -0.25) is 0 Å². The van der Waals surface area contributed by atoms with Crippen molar-refractivity contribution in [3.8, 4) is 6.07 Å². The van der Waals surface area contributed by atoms with E-state index in [1.54, 1.807) is 12.3 Å². The quantitative estimate of drug-likeness (QED) is 0.701. The molecular formula is C10H5BrN2. The molecule has 0 saturated heterocycles. The maximum atomic E-state index is 8.63. The zero-order valence-corrected chi connectivity index (χ0v) is 8.25. The molecule has 0 N–H and O–H groups in total. The molecule has 0 spiro atoms. The maximum absolute atomic E-state index is 8.63. The smallest absolute Gasteiger partial charge is 0.141 e. The predicted molar refractivity (Wildman–Crippen MR) is 54.2 cm³/mol. The molecule has 1 heterocycles. The Hall–Kier alpha value is -1.40. The van der Waals surface area contributed by atoms with E-state index in [2.05, 4.69) is 20.9 Å². The topological polar surface area (TPSA) is 36.7 Å². The first-order valence-electron chi connectivity index (χ1n) is 3.75.